The molecule has 0 bridgehead atoms. The molecule has 0 aliphatic carbocycles. The molecule has 0 saturated carbocycles. The lowest BCUT2D eigenvalue weighted by molar-refractivity contribution is -0.128. The second-order valence-electron chi connectivity index (χ2n) is 8.03. The van der Waals surface area contributed by atoms with Crippen LogP contribution in [0.25, 0.3) is 0 Å². The Bertz CT molecular complexity index is 1070. The second kappa shape index (κ2) is 11.6. The van der Waals surface area contributed by atoms with Gasteiger partial charge in [0.05, 0.1) is 6.04 Å². The fourth-order valence-corrected chi connectivity index (χ4v) is 3.75. The molecule has 0 unspecified atom stereocenters. The van der Waals surface area contributed by atoms with Gasteiger partial charge in [-0.2, -0.15) is 0 Å². The minimum atomic E-state index is -4.68. The van der Waals surface area contributed by atoms with Gasteiger partial charge in [0.25, 0.3) is 0 Å². The Kier molecular flexibility index (Phi) is 9.19. The van der Waals surface area contributed by atoms with Crippen molar-refractivity contribution in [2.75, 3.05) is 5.32 Å². The SMILES string of the molecule is CC(=O)N[C@@H](Cc1ccc(OP(=O)(O)O)cc1)C(=O)N[C@H](c1cccc(NC(N)=O)c1)C(C)C. The van der Waals surface area contributed by atoms with Crippen LogP contribution in [0.15, 0.2) is 48.5 Å². The highest BCUT2D eigenvalue weighted by molar-refractivity contribution is 7.46. The minimum absolute atomic E-state index is 0.0187. The number of hydrogen-bond acceptors (Lipinski definition) is 5. The molecule has 184 valence electrons. The van der Waals surface area contributed by atoms with E-state index in [4.69, 9.17) is 15.5 Å². The van der Waals surface area contributed by atoms with Gasteiger partial charge in [0.15, 0.2) is 0 Å². The molecule has 0 aliphatic heterocycles. The molecule has 0 aromatic heterocycles. The van der Waals surface area contributed by atoms with Crippen molar-refractivity contribution in [3.05, 3.63) is 59.7 Å². The van der Waals surface area contributed by atoms with E-state index in [0.29, 0.717) is 11.3 Å². The largest absolute Gasteiger partial charge is 0.524 e. The molecule has 2 atom stereocenters. The normalized spacial score (nSPS) is 13.0. The predicted molar refractivity (Wildman–Crippen MR) is 126 cm³/mol. The number of hydrogen-bond donors (Lipinski definition) is 6. The first-order valence-corrected chi connectivity index (χ1v) is 11.9. The Hall–Kier alpha value is -3.40. The number of urea groups is 1. The summed E-state index contributed by atoms with van der Waals surface area (Å²) in [5, 5.41) is 8.09. The zero-order chi connectivity index (χ0) is 25.5. The highest BCUT2D eigenvalue weighted by Crippen LogP contribution is 2.37. The summed E-state index contributed by atoms with van der Waals surface area (Å²) in [6.07, 6.45) is 0.135. The van der Waals surface area contributed by atoms with Gasteiger partial charge in [0.2, 0.25) is 11.8 Å². The van der Waals surface area contributed by atoms with E-state index in [1.165, 1.54) is 19.1 Å². The van der Waals surface area contributed by atoms with Crippen LogP contribution in [-0.4, -0.2) is 33.7 Å². The maximum Gasteiger partial charge on any atom is 0.524 e. The number of carbonyl (C=O) groups excluding carboxylic acids is 3. The van der Waals surface area contributed by atoms with Crippen molar-refractivity contribution in [1.29, 1.82) is 0 Å². The summed E-state index contributed by atoms with van der Waals surface area (Å²) >= 11 is 0. The average molecular weight is 492 g/mol. The fourth-order valence-electron chi connectivity index (χ4n) is 3.35. The molecular formula is C22H29N4O7P. The Morgan fingerprint density at radius 1 is 1.06 bits per heavy atom. The molecular weight excluding hydrogens is 463 g/mol. The maximum absolute atomic E-state index is 13.1. The summed E-state index contributed by atoms with van der Waals surface area (Å²) in [4.78, 5) is 53.9. The lowest BCUT2D eigenvalue weighted by Crippen LogP contribution is -2.49. The number of amides is 4. The van der Waals surface area contributed by atoms with Gasteiger partial charge in [-0.1, -0.05) is 38.1 Å². The maximum atomic E-state index is 13.1. The molecule has 2 aromatic carbocycles. The Labute approximate surface area is 197 Å². The van der Waals surface area contributed by atoms with Crippen molar-refractivity contribution < 1.29 is 33.3 Å². The number of phosphoric ester groups is 1. The minimum Gasteiger partial charge on any atom is -0.404 e. The van der Waals surface area contributed by atoms with Crippen LogP contribution < -0.4 is 26.2 Å². The molecule has 34 heavy (non-hydrogen) atoms. The average Bonchev–Trinajstić information content (AvgIpc) is 2.70. The third kappa shape index (κ3) is 8.86. The van der Waals surface area contributed by atoms with Crippen molar-refractivity contribution in [3.8, 4) is 5.75 Å². The zero-order valence-corrected chi connectivity index (χ0v) is 19.9. The van der Waals surface area contributed by atoms with Gasteiger partial charge < -0.3 is 26.2 Å². The highest BCUT2D eigenvalue weighted by atomic mass is 31.2. The van der Waals surface area contributed by atoms with Crippen molar-refractivity contribution in [3.63, 3.8) is 0 Å². The molecule has 0 saturated heterocycles. The number of benzene rings is 2. The van der Waals surface area contributed by atoms with E-state index in [1.807, 2.05) is 19.9 Å². The molecule has 0 fully saturated rings. The lowest BCUT2D eigenvalue weighted by Gasteiger charge is -2.26. The molecule has 0 aliphatic rings. The molecule has 4 amide bonds. The van der Waals surface area contributed by atoms with Crippen LogP contribution in [0.2, 0.25) is 0 Å². The van der Waals surface area contributed by atoms with E-state index in [0.717, 1.165) is 5.56 Å². The smallest absolute Gasteiger partial charge is 0.404 e. The number of primary amides is 1. The standard InChI is InChI=1S/C22H29N4O7P/c1-13(2)20(16-5-4-6-17(12-16)25-22(23)29)26-21(28)19(24-14(3)27)11-15-7-9-18(10-8-15)33-34(30,31)32/h4-10,12-13,19-20H,11H2,1-3H3,(H,24,27)(H,26,28)(H3,23,25,29)(H2,30,31,32)/t19-,20-/m0/s1. The van der Waals surface area contributed by atoms with Gasteiger partial charge in [-0.25, -0.2) is 9.36 Å². The van der Waals surface area contributed by atoms with Gasteiger partial charge in [-0.3, -0.25) is 19.4 Å². The second-order valence-corrected chi connectivity index (χ2v) is 9.19. The molecule has 0 heterocycles. The van der Waals surface area contributed by atoms with Crippen LogP contribution in [0, 0.1) is 5.92 Å². The molecule has 11 nitrogen and oxygen atoms in total. The number of rotatable bonds is 10. The van der Waals surface area contributed by atoms with Crippen molar-refractivity contribution in [2.45, 2.75) is 39.3 Å². The quantitative estimate of drug-likeness (QED) is 0.275. The summed E-state index contributed by atoms with van der Waals surface area (Å²) in [5.41, 5.74) is 7.06. The first-order chi connectivity index (χ1) is 15.8. The number of phosphoric acid groups is 1. The van der Waals surface area contributed by atoms with Crippen LogP contribution >= 0.6 is 7.82 Å². The first-order valence-electron chi connectivity index (χ1n) is 10.4. The van der Waals surface area contributed by atoms with Gasteiger partial charge in [-0.15, -0.1) is 0 Å². The summed E-state index contributed by atoms with van der Waals surface area (Å²) in [5.74, 6) is -0.857. The van der Waals surface area contributed by atoms with E-state index in [9.17, 15) is 18.9 Å². The zero-order valence-electron chi connectivity index (χ0n) is 19.0. The Morgan fingerprint density at radius 2 is 1.71 bits per heavy atom. The van der Waals surface area contributed by atoms with Crippen molar-refractivity contribution >= 4 is 31.4 Å². The molecule has 0 radical (unpaired) electrons. The summed E-state index contributed by atoms with van der Waals surface area (Å²) < 4.78 is 15.5. The number of carbonyl (C=O) groups is 3. The lowest BCUT2D eigenvalue weighted by atomic mass is 9.94. The third-order valence-electron chi connectivity index (χ3n) is 4.76. The summed E-state index contributed by atoms with van der Waals surface area (Å²) in [7, 11) is -4.68. The Balaban J connectivity index is 2.20. The van der Waals surface area contributed by atoms with Gasteiger partial charge in [0, 0.05) is 19.0 Å². The van der Waals surface area contributed by atoms with Gasteiger partial charge in [-0.05, 0) is 41.3 Å². The van der Waals surface area contributed by atoms with E-state index < -0.39 is 37.8 Å². The van der Waals surface area contributed by atoms with E-state index in [2.05, 4.69) is 20.5 Å². The number of nitrogens with one attached hydrogen (secondary N) is 3. The van der Waals surface area contributed by atoms with Crippen LogP contribution in [0.1, 0.15) is 37.9 Å². The third-order valence-corrected chi connectivity index (χ3v) is 5.21. The molecule has 12 heteroatoms. The molecule has 7 N–H and O–H groups in total. The number of anilines is 1. The predicted octanol–water partition coefficient (Wildman–Crippen LogP) is 2.21. The van der Waals surface area contributed by atoms with Crippen molar-refractivity contribution in [1.82, 2.24) is 10.6 Å². The highest BCUT2D eigenvalue weighted by Gasteiger charge is 2.25. The summed E-state index contributed by atoms with van der Waals surface area (Å²) in [6, 6.07) is 10.7. The van der Waals surface area contributed by atoms with Crippen LogP contribution in [-0.2, 0) is 20.6 Å². The molecule has 2 rings (SSSR count). The van der Waals surface area contributed by atoms with Gasteiger partial charge in [0.1, 0.15) is 11.8 Å². The molecule has 2 aromatic rings. The van der Waals surface area contributed by atoms with Crippen molar-refractivity contribution in [2.24, 2.45) is 11.7 Å². The fraction of sp³-hybridized carbons (Fsp3) is 0.318. The van der Waals surface area contributed by atoms with Gasteiger partial charge >= 0.3 is 13.9 Å². The molecule has 0 spiro atoms. The van der Waals surface area contributed by atoms with E-state index in [1.54, 1.807) is 30.3 Å². The monoisotopic (exact) mass is 492 g/mol. The van der Waals surface area contributed by atoms with Crippen LogP contribution in [0.5, 0.6) is 5.75 Å². The summed E-state index contributed by atoms with van der Waals surface area (Å²) in [6.45, 7) is 5.15. The van der Waals surface area contributed by atoms with E-state index in [-0.39, 0.29) is 18.1 Å². The topological polar surface area (TPSA) is 180 Å². The van der Waals surface area contributed by atoms with Crippen LogP contribution in [0.3, 0.4) is 0 Å². The first kappa shape index (κ1) is 26.8. The number of nitrogens with two attached hydrogens (primary N) is 1. The van der Waals surface area contributed by atoms with Crippen LogP contribution in [0.4, 0.5) is 10.5 Å². The Morgan fingerprint density at radius 3 is 2.24 bits per heavy atom. The van der Waals surface area contributed by atoms with E-state index >= 15 is 0 Å².